The molecular formula is C11H12O2. The Morgan fingerprint density at radius 3 is 3.23 bits per heavy atom. The van der Waals surface area contributed by atoms with Crippen LogP contribution in [0.1, 0.15) is 19.8 Å². The average molecular weight is 176 g/mol. The van der Waals surface area contributed by atoms with Crippen LogP contribution in [0.5, 0.6) is 0 Å². The van der Waals surface area contributed by atoms with Gasteiger partial charge in [0.25, 0.3) is 0 Å². The van der Waals surface area contributed by atoms with Gasteiger partial charge in [-0.3, -0.25) is 0 Å². The Balaban J connectivity index is 2.09. The van der Waals surface area contributed by atoms with E-state index in [0.717, 1.165) is 25.2 Å². The molecule has 2 heterocycles. The van der Waals surface area contributed by atoms with Crippen LogP contribution in [-0.4, -0.2) is 12.4 Å². The summed E-state index contributed by atoms with van der Waals surface area (Å²) in [5, 5.41) is 0. The maximum Gasteiger partial charge on any atom is 0.230 e. The normalized spacial score (nSPS) is 33.5. The topological polar surface area (TPSA) is 18.5 Å². The van der Waals surface area contributed by atoms with Gasteiger partial charge in [0.05, 0.1) is 6.61 Å². The van der Waals surface area contributed by atoms with Crippen LogP contribution in [0.15, 0.2) is 24.0 Å². The van der Waals surface area contributed by atoms with Crippen molar-refractivity contribution < 1.29 is 9.47 Å². The Labute approximate surface area is 78.2 Å². The minimum Gasteiger partial charge on any atom is -0.458 e. The second-order valence-electron chi connectivity index (χ2n) is 3.14. The first-order valence-electron chi connectivity index (χ1n) is 4.49. The summed E-state index contributed by atoms with van der Waals surface area (Å²) in [5.74, 6) is 5.99. The summed E-state index contributed by atoms with van der Waals surface area (Å²) in [6, 6.07) is 0. The number of hydrogen-bond donors (Lipinski definition) is 0. The van der Waals surface area contributed by atoms with Crippen molar-refractivity contribution in [3.8, 4) is 11.8 Å². The SMILES string of the molecule is CC#C/C=C1/C=C[C@@]2(CCCO2)O1. The number of ether oxygens (including phenoxy) is 2. The molecule has 13 heavy (non-hydrogen) atoms. The van der Waals surface area contributed by atoms with Crippen LogP contribution >= 0.6 is 0 Å². The van der Waals surface area contributed by atoms with Crippen LogP contribution in [-0.2, 0) is 9.47 Å². The second-order valence-corrected chi connectivity index (χ2v) is 3.14. The Bertz CT molecular complexity index is 309. The van der Waals surface area contributed by atoms with Crippen LogP contribution in [0.2, 0.25) is 0 Å². The van der Waals surface area contributed by atoms with E-state index in [9.17, 15) is 0 Å². The number of rotatable bonds is 0. The molecule has 2 nitrogen and oxygen atoms in total. The van der Waals surface area contributed by atoms with Crippen molar-refractivity contribution in [2.45, 2.75) is 25.6 Å². The predicted octanol–water partition coefficient (Wildman–Crippen LogP) is 1.99. The lowest BCUT2D eigenvalue weighted by Gasteiger charge is -2.20. The van der Waals surface area contributed by atoms with E-state index >= 15 is 0 Å². The van der Waals surface area contributed by atoms with E-state index < -0.39 is 5.79 Å². The van der Waals surface area contributed by atoms with E-state index in [2.05, 4.69) is 11.8 Å². The van der Waals surface area contributed by atoms with Crippen molar-refractivity contribution in [2.75, 3.05) is 6.61 Å². The second kappa shape index (κ2) is 3.27. The summed E-state index contributed by atoms with van der Waals surface area (Å²) >= 11 is 0. The Morgan fingerprint density at radius 1 is 1.62 bits per heavy atom. The minimum absolute atomic E-state index is 0.457. The summed E-state index contributed by atoms with van der Waals surface area (Å²) in [5.41, 5.74) is 0. The fraction of sp³-hybridized carbons (Fsp3) is 0.455. The molecule has 1 saturated heterocycles. The average Bonchev–Trinajstić information content (AvgIpc) is 2.74. The van der Waals surface area contributed by atoms with E-state index in [0.29, 0.717) is 0 Å². The quantitative estimate of drug-likeness (QED) is 0.525. The number of hydrogen-bond acceptors (Lipinski definition) is 2. The van der Waals surface area contributed by atoms with Gasteiger partial charge in [-0.15, -0.1) is 5.92 Å². The third-order valence-electron chi connectivity index (χ3n) is 2.17. The third kappa shape index (κ3) is 1.61. The molecule has 0 N–H and O–H groups in total. The molecule has 0 aromatic heterocycles. The van der Waals surface area contributed by atoms with Crippen LogP contribution in [0.3, 0.4) is 0 Å². The van der Waals surface area contributed by atoms with Crippen molar-refractivity contribution in [1.82, 2.24) is 0 Å². The first-order chi connectivity index (χ1) is 6.35. The van der Waals surface area contributed by atoms with Crippen molar-refractivity contribution in [3.63, 3.8) is 0 Å². The molecular weight excluding hydrogens is 164 g/mol. The highest BCUT2D eigenvalue weighted by atomic mass is 16.7. The molecule has 2 aliphatic heterocycles. The first-order valence-corrected chi connectivity index (χ1v) is 4.49. The lowest BCUT2D eigenvalue weighted by Crippen LogP contribution is -2.24. The van der Waals surface area contributed by atoms with Gasteiger partial charge >= 0.3 is 0 Å². The van der Waals surface area contributed by atoms with Gasteiger partial charge in [0.2, 0.25) is 5.79 Å². The van der Waals surface area contributed by atoms with Crippen molar-refractivity contribution in [2.24, 2.45) is 0 Å². The fourth-order valence-electron chi connectivity index (χ4n) is 1.55. The summed E-state index contributed by atoms with van der Waals surface area (Å²) in [6.45, 7) is 2.59. The molecule has 0 aromatic rings. The summed E-state index contributed by atoms with van der Waals surface area (Å²) < 4.78 is 11.2. The van der Waals surface area contributed by atoms with Crippen LogP contribution < -0.4 is 0 Å². The standard InChI is InChI=1S/C11H12O2/c1-2-3-5-10-6-8-11(13-10)7-4-9-12-11/h5-6,8H,4,7,9H2,1H3/b10-5-/t11-/m1/s1. The molecule has 1 spiro atoms. The Hall–Kier alpha value is -1.20. The van der Waals surface area contributed by atoms with Gasteiger partial charge in [0.15, 0.2) is 0 Å². The molecule has 0 aliphatic carbocycles. The van der Waals surface area contributed by atoms with E-state index in [-0.39, 0.29) is 0 Å². The Kier molecular flexibility index (Phi) is 2.12. The van der Waals surface area contributed by atoms with E-state index in [1.54, 1.807) is 13.0 Å². The van der Waals surface area contributed by atoms with Crippen molar-refractivity contribution in [3.05, 3.63) is 24.0 Å². The maximum atomic E-state index is 5.64. The predicted molar refractivity (Wildman–Crippen MR) is 49.7 cm³/mol. The molecule has 0 unspecified atom stereocenters. The molecule has 0 amide bonds. The summed E-state index contributed by atoms with van der Waals surface area (Å²) in [6.07, 6.45) is 7.68. The van der Waals surface area contributed by atoms with Gasteiger partial charge in [-0.1, -0.05) is 5.92 Å². The summed E-state index contributed by atoms with van der Waals surface area (Å²) in [7, 11) is 0. The third-order valence-corrected chi connectivity index (χ3v) is 2.17. The first kappa shape index (κ1) is 8.40. The van der Waals surface area contributed by atoms with E-state index in [1.165, 1.54) is 0 Å². The van der Waals surface area contributed by atoms with E-state index in [4.69, 9.17) is 9.47 Å². The molecule has 2 heteroatoms. The molecule has 1 atom stereocenters. The molecule has 68 valence electrons. The highest BCUT2D eigenvalue weighted by Gasteiger charge is 2.38. The molecule has 2 rings (SSSR count). The molecule has 0 bridgehead atoms. The fourth-order valence-corrected chi connectivity index (χ4v) is 1.55. The lowest BCUT2D eigenvalue weighted by molar-refractivity contribution is -0.135. The van der Waals surface area contributed by atoms with Gasteiger partial charge in [-0.2, -0.15) is 0 Å². The maximum absolute atomic E-state index is 5.64. The van der Waals surface area contributed by atoms with Gasteiger partial charge in [0, 0.05) is 12.5 Å². The van der Waals surface area contributed by atoms with Gasteiger partial charge in [0.1, 0.15) is 5.76 Å². The number of allylic oxidation sites excluding steroid dienone is 2. The smallest absolute Gasteiger partial charge is 0.230 e. The van der Waals surface area contributed by atoms with Gasteiger partial charge < -0.3 is 9.47 Å². The molecule has 0 radical (unpaired) electrons. The van der Waals surface area contributed by atoms with Gasteiger partial charge in [-0.25, -0.2) is 0 Å². The van der Waals surface area contributed by atoms with E-state index in [1.807, 2.05) is 12.2 Å². The zero-order chi connectivity index (χ0) is 9.15. The largest absolute Gasteiger partial charge is 0.458 e. The van der Waals surface area contributed by atoms with Crippen LogP contribution in [0, 0.1) is 11.8 Å². The van der Waals surface area contributed by atoms with Crippen LogP contribution in [0.25, 0.3) is 0 Å². The molecule has 2 aliphatic rings. The van der Waals surface area contributed by atoms with Crippen molar-refractivity contribution in [1.29, 1.82) is 0 Å². The monoisotopic (exact) mass is 176 g/mol. The molecule has 0 saturated carbocycles. The van der Waals surface area contributed by atoms with Crippen molar-refractivity contribution >= 4 is 0 Å². The van der Waals surface area contributed by atoms with Gasteiger partial charge in [-0.05, 0) is 25.5 Å². The molecule has 1 fully saturated rings. The highest BCUT2D eigenvalue weighted by molar-refractivity contribution is 5.29. The lowest BCUT2D eigenvalue weighted by atomic mass is 10.2. The minimum atomic E-state index is -0.457. The Morgan fingerprint density at radius 2 is 2.54 bits per heavy atom. The molecule has 0 aromatic carbocycles. The zero-order valence-corrected chi connectivity index (χ0v) is 7.67. The zero-order valence-electron chi connectivity index (χ0n) is 7.67. The van der Waals surface area contributed by atoms with Crippen LogP contribution in [0.4, 0.5) is 0 Å². The highest BCUT2D eigenvalue weighted by Crippen LogP contribution is 2.35. The summed E-state index contributed by atoms with van der Waals surface area (Å²) in [4.78, 5) is 0.